The standard InChI is InChI=1S/C25H22BrN3O5/c1-4-19(30)16-11-10-15(26)12-18(16)29-22(25(32)34-3)21(24(31)33-2)20(17(13-27)23(29)28)14-8-6-5-7-9-14/h5-12,20H,4,28H2,1-3H3. The molecule has 3 rings (SSSR count). The highest BCUT2D eigenvalue weighted by atomic mass is 79.9. The number of carbonyl (C=O) groups is 3. The molecule has 0 spiro atoms. The monoisotopic (exact) mass is 523 g/mol. The van der Waals surface area contributed by atoms with Crippen LogP contribution in [0.5, 0.6) is 0 Å². The van der Waals surface area contributed by atoms with Crippen LogP contribution < -0.4 is 10.6 Å². The summed E-state index contributed by atoms with van der Waals surface area (Å²) >= 11 is 3.38. The van der Waals surface area contributed by atoms with Crippen molar-refractivity contribution in [3.05, 3.63) is 86.8 Å². The molecule has 0 fully saturated rings. The first-order chi connectivity index (χ1) is 16.3. The predicted octanol–water partition coefficient (Wildman–Crippen LogP) is 3.94. The van der Waals surface area contributed by atoms with Crippen LogP contribution >= 0.6 is 15.9 Å². The highest BCUT2D eigenvalue weighted by Gasteiger charge is 2.43. The van der Waals surface area contributed by atoms with E-state index in [1.54, 1.807) is 55.5 Å². The normalized spacial score (nSPS) is 15.6. The van der Waals surface area contributed by atoms with Gasteiger partial charge in [-0.1, -0.05) is 53.2 Å². The molecule has 0 aliphatic carbocycles. The molecule has 8 nitrogen and oxygen atoms in total. The lowest BCUT2D eigenvalue weighted by molar-refractivity contribution is -0.139. The van der Waals surface area contributed by atoms with Gasteiger partial charge >= 0.3 is 11.9 Å². The van der Waals surface area contributed by atoms with Gasteiger partial charge in [-0.2, -0.15) is 5.26 Å². The number of hydrogen-bond acceptors (Lipinski definition) is 8. The summed E-state index contributed by atoms with van der Waals surface area (Å²) in [4.78, 5) is 40.2. The Balaban J connectivity index is 2.48. The van der Waals surface area contributed by atoms with E-state index in [1.165, 1.54) is 19.1 Å². The smallest absolute Gasteiger partial charge is 0.355 e. The van der Waals surface area contributed by atoms with Crippen LogP contribution in [0.25, 0.3) is 0 Å². The van der Waals surface area contributed by atoms with E-state index in [1.807, 2.05) is 0 Å². The number of ketones is 1. The van der Waals surface area contributed by atoms with E-state index in [9.17, 15) is 19.6 Å². The highest BCUT2D eigenvalue weighted by Crippen LogP contribution is 2.44. The zero-order chi connectivity index (χ0) is 25.0. The van der Waals surface area contributed by atoms with E-state index in [2.05, 4.69) is 22.0 Å². The molecule has 0 saturated carbocycles. The third-order valence-electron chi connectivity index (χ3n) is 5.43. The van der Waals surface area contributed by atoms with Gasteiger partial charge in [-0.3, -0.25) is 9.69 Å². The third kappa shape index (κ3) is 4.32. The Morgan fingerprint density at radius 3 is 2.29 bits per heavy atom. The number of allylic oxidation sites excluding steroid dienone is 1. The number of carbonyl (C=O) groups excluding carboxylic acids is 3. The van der Waals surface area contributed by atoms with Crippen molar-refractivity contribution in [1.29, 1.82) is 5.26 Å². The van der Waals surface area contributed by atoms with Gasteiger partial charge in [-0.25, -0.2) is 9.59 Å². The van der Waals surface area contributed by atoms with E-state index in [-0.39, 0.29) is 46.1 Å². The molecule has 34 heavy (non-hydrogen) atoms. The number of ether oxygens (including phenoxy) is 2. The zero-order valence-electron chi connectivity index (χ0n) is 18.8. The molecule has 0 radical (unpaired) electrons. The molecule has 174 valence electrons. The summed E-state index contributed by atoms with van der Waals surface area (Å²) in [6.07, 6.45) is 0.185. The lowest BCUT2D eigenvalue weighted by atomic mass is 9.80. The molecule has 1 heterocycles. The SMILES string of the molecule is CCC(=O)c1ccc(Br)cc1N1C(N)=C(C#N)C(c2ccccc2)C(C(=O)OC)=C1C(=O)OC. The van der Waals surface area contributed by atoms with Crippen molar-refractivity contribution < 1.29 is 23.9 Å². The van der Waals surface area contributed by atoms with Crippen LogP contribution in [0.4, 0.5) is 5.69 Å². The Morgan fingerprint density at radius 1 is 1.09 bits per heavy atom. The van der Waals surface area contributed by atoms with Gasteiger partial charge in [0.05, 0.1) is 43.0 Å². The van der Waals surface area contributed by atoms with Gasteiger partial charge in [-0.15, -0.1) is 0 Å². The number of hydrogen-bond donors (Lipinski definition) is 1. The fourth-order valence-electron chi connectivity index (χ4n) is 3.88. The highest BCUT2D eigenvalue weighted by molar-refractivity contribution is 9.10. The van der Waals surface area contributed by atoms with E-state index >= 15 is 0 Å². The van der Waals surface area contributed by atoms with Gasteiger partial charge in [0, 0.05) is 16.5 Å². The molecule has 0 saturated heterocycles. The summed E-state index contributed by atoms with van der Waals surface area (Å²) in [5, 5.41) is 10.1. The van der Waals surface area contributed by atoms with Crippen molar-refractivity contribution >= 4 is 39.3 Å². The molecule has 1 aliphatic rings. The largest absolute Gasteiger partial charge is 0.466 e. The maximum Gasteiger partial charge on any atom is 0.355 e. The Morgan fingerprint density at radius 2 is 1.74 bits per heavy atom. The average Bonchev–Trinajstić information content (AvgIpc) is 2.86. The Hall–Kier alpha value is -3.90. The number of halogens is 1. The number of methoxy groups -OCH3 is 2. The van der Waals surface area contributed by atoms with Gasteiger partial charge in [-0.05, 0) is 23.8 Å². The van der Waals surface area contributed by atoms with Crippen molar-refractivity contribution in [2.75, 3.05) is 19.1 Å². The molecule has 2 aromatic carbocycles. The second-order valence-electron chi connectivity index (χ2n) is 7.27. The number of nitriles is 1. The summed E-state index contributed by atoms with van der Waals surface area (Å²) < 4.78 is 10.6. The zero-order valence-corrected chi connectivity index (χ0v) is 20.4. The Labute approximate surface area is 205 Å². The topological polar surface area (TPSA) is 123 Å². The first-order valence-electron chi connectivity index (χ1n) is 10.3. The van der Waals surface area contributed by atoms with Crippen molar-refractivity contribution in [2.45, 2.75) is 19.3 Å². The molecule has 1 aliphatic heterocycles. The maximum absolute atomic E-state index is 13.1. The van der Waals surface area contributed by atoms with Gasteiger partial charge in [0.1, 0.15) is 11.5 Å². The molecule has 2 N–H and O–H groups in total. The fraction of sp³-hybridized carbons (Fsp3) is 0.200. The summed E-state index contributed by atoms with van der Waals surface area (Å²) in [7, 11) is 2.34. The van der Waals surface area contributed by atoms with Gasteiger partial charge in [0.15, 0.2) is 5.78 Å². The quantitative estimate of drug-likeness (QED) is 0.446. The number of esters is 2. The van der Waals surface area contributed by atoms with Crippen LogP contribution in [0.15, 0.2) is 75.7 Å². The Bertz CT molecular complexity index is 1260. The minimum Gasteiger partial charge on any atom is -0.466 e. The summed E-state index contributed by atoms with van der Waals surface area (Å²) in [6, 6.07) is 15.6. The van der Waals surface area contributed by atoms with Crippen LogP contribution in [-0.2, 0) is 19.1 Å². The first kappa shape index (κ1) is 24.7. The predicted molar refractivity (Wildman–Crippen MR) is 128 cm³/mol. The van der Waals surface area contributed by atoms with E-state index in [0.29, 0.717) is 10.0 Å². The van der Waals surface area contributed by atoms with Crippen LogP contribution in [0.1, 0.15) is 35.2 Å². The van der Waals surface area contributed by atoms with Crippen LogP contribution in [-0.4, -0.2) is 31.9 Å². The number of nitrogens with zero attached hydrogens (tertiary/aromatic N) is 2. The second kappa shape index (κ2) is 10.4. The Kier molecular flexibility index (Phi) is 7.54. The van der Waals surface area contributed by atoms with Crippen LogP contribution in [0, 0.1) is 11.3 Å². The average molecular weight is 524 g/mol. The van der Waals surface area contributed by atoms with E-state index in [4.69, 9.17) is 15.2 Å². The molecule has 0 aromatic heterocycles. The second-order valence-corrected chi connectivity index (χ2v) is 8.19. The molecule has 1 atom stereocenters. The van der Waals surface area contributed by atoms with Crippen molar-refractivity contribution in [1.82, 2.24) is 0 Å². The minimum atomic E-state index is -0.985. The maximum atomic E-state index is 13.1. The lowest BCUT2D eigenvalue weighted by Gasteiger charge is -2.36. The number of nitrogens with two attached hydrogens (primary N) is 1. The molecule has 0 bridgehead atoms. The van der Waals surface area contributed by atoms with Crippen molar-refractivity contribution in [3.63, 3.8) is 0 Å². The minimum absolute atomic E-state index is 0.0223. The van der Waals surface area contributed by atoms with Gasteiger partial charge in [0.25, 0.3) is 0 Å². The van der Waals surface area contributed by atoms with E-state index < -0.39 is 17.9 Å². The number of benzene rings is 2. The summed E-state index contributed by atoms with van der Waals surface area (Å²) in [6.45, 7) is 1.70. The number of anilines is 1. The molecule has 1 unspecified atom stereocenters. The molecular weight excluding hydrogens is 502 g/mol. The van der Waals surface area contributed by atoms with E-state index in [0.717, 1.165) is 0 Å². The third-order valence-corrected chi connectivity index (χ3v) is 5.93. The first-order valence-corrected chi connectivity index (χ1v) is 11.1. The van der Waals surface area contributed by atoms with Crippen molar-refractivity contribution in [2.24, 2.45) is 5.73 Å². The number of Topliss-reactive ketones (excluding diaryl/α,β-unsaturated/α-hetero) is 1. The molecule has 2 aromatic rings. The summed E-state index contributed by atoms with van der Waals surface area (Å²) in [5.41, 5.74) is 7.21. The lowest BCUT2D eigenvalue weighted by Crippen LogP contribution is -2.41. The van der Waals surface area contributed by atoms with Crippen LogP contribution in [0.3, 0.4) is 0 Å². The van der Waals surface area contributed by atoms with Gasteiger partial charge < -0.3 is 15.2 Å². The fourth-order valence-corrected chi connectivity index (χ4v) is 4.23. The van der Waals surface area contributed by atoms with Gasteiger partial charge in [0.2, 0.25) is 0 Å². The number of rotatable bonds is 6. The summed E-state index contributed by atoms with van der Waals surface area (Å²) in [5.74, 6) is -3.02. The molecule has 9 heteroatoms. The molecular formula is C25H22BrN3O5. The molecule has 0 amide bonds. The van der Waals surface area contributed by atoms with Crippen LogP contribution in [0.2, 0.25) is 0 Å². The van der Waals surface area contributed by atoms with Crippen molar-refractivity contribution in [3.8, 4) is 6.07 Å².